The van der Waals surface area contributed by atoms with E-state index in [4.69, 9.17) is 5.73 Å². The largest absolute Gasteiger partial charge is 0.328 e. The summed E-state index contributed by atoms with van der Waals surface area (Å²) in [6.45, 7) is 0.963. The summed E-state index contributed by atoms with van der Waals surface area (Å²) in [5.41, 5.74) is 7.73. The Morgan fingerprint density at radius 2 is 2.13 bits per heavy atom. The standard InChI is InChI=1S/C10H17N3S.ClH/c11-8-1-3-9(4-2-8)13-6-10-5-12-7-14-10;/h5,7-9,13H,1-4,6,11H2;1H. The maximum absolute atomic E-state index is 5.85. The van der Waals surface area contributed by atoms with Gasteiger partial charge in [-0.25, -0.2) is 0 Å². The summed E-state index contributed by atoms with van der Waals surface area (Å²) >= 11 is 1.71. The number of nitrogens with zero attached hydrogens (tertiary/aromatic N) is 1. The molecule has 0 bridgehead atoms. The molecule has 86 valence electrons. The van der Waals surface area contributed by atoms with Crippen molar-refractivity contribution in [2.75, 3.05) is 0 Å². The van der Waals surface area contributed by atoms with E-state index in [1.807, 2.05) is 11.7 Å². The molecule has 2 rings (SSSR count). The number of hydrogen-bond acceptors (Lipinski definition) is 4. The molecular formula is C10H18ClN3S. The first-order valence-electron chi connectivity index (χ1n) is 5.21. The van der Waals surface area contributed by atoms with E-state index in [-0.39, 0.29) is 12.4 Å². The summed E-state index contributed by atoms with van der Waals surface area (Å²) in [5.74, 6) is 0. The first-order valence-corrected chi connectivity index (χ1v) is 6.09. The van der Waals surface area contributed by atoms with E-state index in [2.05, 4.69) is 10.3 Å². The average Bonchev–Trinajstić information content (AvgIpc) is 2.70. The van der Waals surface area contributed by atoms with Gasteiger partial charge in [0.15, 0.2) is 0 Å². The highest BCUT2D eigenvalue weighted by molar-refractivity contribution is 7.09. The second kappa shape index (κ2) is 6.43. The van der Waals surface area contributed by atoms with Crippen molar-refractivity contribution in [3.63, 3.8) is 0 Å². The third kappa shape index (κ3) is 4.07. The van der Waals surface area contributed by atoms with Crippen LogP contribution in [0.4, 0.5) is 0 Å². The number of halogens is 1. The van der Waals surface area contributed by atoms with Gasteiger partial charge in [-0.1, -0.05) is 0 Å². The molecule has 15 heavy (non-hydrogen) atoms. The fourth-order valence-electron chi connectivity index (χ4n) is 1.90. The van der Waals surface area contributed by atoms with Crippen molar-refractivity contribution < 1.29 is 0 Å². The minimum absolute atomic E-state index is 0. The van der Waals surface area contributed by atoms with Gasteiger partial charge in [0.2, 0.25) is 0 Å². The summed E-state index contributed by atoms with van der Waals surface area (Å²) in [4.78, 5) is 5.38. The van der Waals surface area contributed by atoms with Gasteiger partial charge >= 0.3 is 0 Å². The van der Waals surface area contributed by atoms with E-state index in [1.165, 1.54) is 30.6 Å². The number of rotatable bonds is 3. The quantitative estimate of drug-likeness (QED) is 0.858. The molecule has 1 fully saturated rings. The highest BCUT2D eigenvalue weighted by Crippen LogP contribution is 2.17. The van der Waals surface area contributed by atoms with Gasteiger partial charge in [-0.05, 0) is 25.7 Å². The van der Waals surface area contributed by atoms with Gasteiger partial charge in [0.25, 0.3) is 0 Å². The number of aromatic nitrogens is 1. The second-order valence-corrected chi connectivity index (χ2v) is 4.93. The van der Waals surface area contributed by atoms with Crippen molar-refractivity contribution in [1.29, 1.82) is 0 Å². The molecule has 3 N–H and O–H groups in total. The van der Waals surface area contributed by atoms with Gasteiger partial charge in [-0.3, -0.25) is 4.98 Å². The van der Waals surface area contributed by atoms with Gasteiger partial charge in [-0.2, -0.15) is 0 Å². The number of nitrogens with two attached hydrogens (primary N) is 1. The van der Waals surface area contributed by atoms with Gasteiger partial charge in [-0.15, -0.1) is 23.7 Å². The number of hydrogen-bond donors (Lipinski definition) is 2. The fourth-order valence-corrected chi connectivity index (χ4v) is 2.44. The highest BCUT2D eigenvalue weighted by Gasteiger charge is 2.17. The lowest BCUT2D eigenvalue weighted by Crippen LogP contribution is -2.36. The zero-order valence-corrected chi connectivity index (χ0v) is 10.3. The molecule has 0 atom stereocenters. The van der Waals surface area contributed by atoms with Crippen molar-refractivity contribution in [2.24, 2.45) is 5.73 Å². The molecule has 3 nitrogen and oxygen atoms in total. The maximum Gasteiger partial charge on any atom is 0.0794 e. The maximum atomic E-state index is 5.85. The summed E-state index contributed by atoms with van der Waals surface area (Å²) in [5, 5.41) is 3.56. The van der Waals surface area contributed by atoms with Crippen LogP contribution in [0.5, 0.6) is 0 Å². The zero-order valence-electron chi connectivity index (χ0n) is 8.69. The first-order chi connectivity index (χ1) is 6.84. The topological polar surface area (TPSA) is 50.9 Å². The molecule has 1 aliphatic rings. The second-order valence-electron chi connectivity index (χ2n) is 3.96. The first kappa shape index (κ1) is 12.9. The van der Waals surface area contributed by atoms with Gasteiger partial charge in [0.1, 0.15) is 0 Å². The molecule has 5 heteroatoms. The lowest BCUT2D eigenvalue weighted by atomic mass is 9.92. The molecule has 1 aliphatic carbocycles. The van der Waals surface area contributed by atoms with Crippen LogP contribution in [0.1, 0.15) is 30.6 Å². The van der Waals surface area contributed by atoms with Crippen LogP contribution in [-0.2, 0) is 6.54 Å². The summed E-state index contributed by atoms with van der Waals surface area (Å²) in [7, 11) is 0. The Morgan fingerprint density at radius 1 is 1.40 bits per heavy atom. The molecule has 0 aliphatic heterocycles. The van der Waals surface area contributed by atoms with Gasteiger partial charge < -0.3 is 11.1 Å². The third-order valence-corrected chi connectivity index (χ3v) is 3.60. The van der Waals surface area contributed by atoms with Crippen LogP contribution in [0.3, 0.4) is 0 Å². The summed E-state index contributed by atoms with van der Waals surface area (Å²) in [6, 6.07) is 1.10. The van der Waals surface area contributed by atoms with Crippen molar-refractivity contribution in [1.82, 2.24) is 10.3 Å². The van der Waals surface area contributed by atoms with Crippen molar-refractivity contribution in [2.45, 2.75) is 44.3 Å². The van der Waals surface area contributed by atoms with Crippen LogP contribution < -0.4 is 11.1 Å². The van der Waals surface area contributed by atoms with Crippen molar-refractivity contribution in [3.05, 3.63) is 16.6 Å². The molecule has 0 spiro atoms. The van der Waals surface area contributed by atoms with E-state index in [1.54, 1.807) is 11.3 Å². The summed E-state index contributed by atoms with van der Waals surface area (Å²) in [6.07, 6.45) is 6.72. The molecule has 0 radical (unpaired) electrons. The lowest BCUT2D eigenvalue weighted by Gasteiger charge is -2.26. The Labute approximate surface area is 101 Å². The molecule has 1 saturated carbocycles. The van der Waals surface area contributed by atoms with Gasteiger partial charge in [0.05, 0.1) is 5.51 Å². The predicted molar refractivity (Wildman–Crippen MR) is 66.4 cm³/mol. The zero-order chi connectivity index (χ0) is 9.80. The Kier molecular flexibility index (Phi) is 5.53. The van der Waals surface area contributed by atoms with E-state index >= 15 is 0 Å². The van der Waals surface area contributed by atoms with Crippen molar-refractivity contribution in [3.8, 4) is 0 Å². The summed E-state index contributed by atoms with van der Waals surface area (Å²) < 4.78 is 0. The van der Waals surface area contributed by atoms with E-state index in [0.29, 0.717) is 12.1 Å². The van der Waals surface area contributed by atoms with Crippen LogP contribution >= 0.6 is 23.7 Å². The molecule has 1 heterocycles. The minimum Gasteiger partial charge on any atom is -0.328 e. The third-order valence-electron chi connectivity index (χ3n) is 2.82. The van der Waals surface area contributed by atoms with E-state index < -0.39 is 0 Å². The lowest BCUT2D eigenvalue weighted by molar-refractivity contribution is 0.342. The Morgan fingerprint density at radius 3 is 2.73 bits per heavy atom. The molecule has 1 aromatic rings. The SMILES string of the molecule is Cl.NC1CCC(NCc2cncs2)CC1. The van der Waals surface area contributed by atoms with Crippen LogP contribution in [0.2, 0.25) is 0 Å². The molecule has 0 amide bonds. The molecule has 1 aromatic heterocycles. The van der Waals surface area contributed by atoms with E-state index in [0.717, 1.165) is 6.54 Å². The Balaban J connectivity index is 0.00000112. The average molecular weight is 248 g/mol. The highest BCUT2D eigenvalue weighted by atomic mass is 35.5. The molecular weight excluding hydrogens is 230 g/mol. The van der Waals surface area contributed by atoms with Crippen molar-refractivity contribution >= 4 is 23.7 Å². The fraction of sp³-hybridized carbons (Fsp3) is 0.700. The van der Waals surface area contributed by atoms with Crippen LogP contribution in [-0.4, -0.2) is 17.1 Å². The minimum atomic E-state index is 0. The van der Waals surface area contributed by atoms with Crippen LogP contribution in [0, 0.1) is 0 Å². The van der Waals surface area contributed by atoms with Crippen LogP contribution in [0.15, 0.2) is 11.7 Å². The predicted octanol–water partition coefficient (Wildman–Crippen LogP) is 1.92. The molecule has 0 saturated heterocycles. The van der Waals surface area contributed by atoms with E-state index in [9.17, 15) is 0 Å². The Hall–Kier alpha value is -0.160. The smallest absolute Gasteiger partial charge is 0.0794 e. The van der Waals surface area contributed by atoms with Crippen LogP contribution in [0.25, 0.3) is 0 Å². The number of nitrogens with one attached hydrogen (secondary N) is 1. The normalized spacial score (nSPS) is 25.9. The molecule has 0 unspecified atom stereocenters. The monoisotopic (exact) mass is 247 g/mol. The molecule has 0 aromatic carbocycles. The number of thiazole rings is 1. The van der Waals surface area contributed by atoms with Gasteiger partial charge in [0, 0.05) is 29.7 Å². The Bertz CT molecular complexity index is 258.